The molecule has 5 nitrogen and oxygen atoms in total. The fraction of sp³-hybridized carbons (Fsp3) is 0.562. The Labute approximate surface area is 136 Å². The highest BCUT2D eigenvalue weighted by Gasteiger charge is 2.18. The van der Waals surface area contributed by atoms with Crippen molar-refractivity contribution >= 4 is 28.2 Å². The summed E-state index contributed by atoms with van der Waals surface area (Å²) in [4.78, 5) is 16.0. The summed E-state index contributed by atoms with van der Waals surface area (Å²) in [6.45, 7) is 5.87. The first-order valence-corrected chi connectivity index (χ1v) is 8.98. The van der Waals surface area contributed by atoms with Crippen LogP contribution < -0.4 is 10.2 Å². The molecule has 124 valence electrons. The van der Waals surface area contributed by atoms with Gasteiger partial charge in [-0.3, -0.25) is 4.21 Å². The van der Waals surface area contributed by atoms with Crippen LogP contribution in [0, 0.1) is 13.8 Å². The van der Waals surface area contributed by atoms with Crippen molar-refractivity contribution in [1.82, 2.24) is 4.90 Å². The predicted octanol–water partition coefficient (Wildman–Crippen LogP) is 2.60. The summed E-state index contributed by atoms with van der Waals surface area (Å²) in [5.41, 5.74) is 4.00. The summed E-state index contributed by atoms with van der Waals surface area (Å²) in [7, 11) is 4.79. The van der Waals surface area contributed by atoms with Gasteiger partial charge in [-0.15, -0.1) is 0 Å². The second kappa shape index (κ2) is 7.63. The Kier molecular flexibility index (Phi) is 6.41. The van der Waals surface area contributed by atoms with Crippen molar-refractivity contribution in [2.24, 2.45) is 0 Å². The molecule has 0 heterocycles. The number of aryl methyl sites for hydroxylation is 2. The maximum Gasteiger partial charge on any atom is 0.321 e. The molecule has 0 aliphatic heterocycles. The lowest BCUT2D eigenvalue weighted by molar-refractivity contribution is 0.212. The molecule has 1 aromatic rings. The molecule has 0 aliphatic rings. The van der Waals surface area contributed by atoms with Gasteiger partial charge in [0.1, 0.15) is 0 Å². The van der Waals surface area contributed by atoms with Crippen molar-refractivity contribution in [3.63, 3.8) is 0 Å². The molecule has 1 aromatic carbocycles. The molecule has 0 fully saturated rings. The Balaban J connectivity index is 2.90. The molecule has 2 atom stereocenters. The van der Waals surface area contributed by atoms with Crippen LogP contribution in [0.2, 0.25) is 0 Å². The molecule has 0 saturated heterocycles. The number of rotatable bonds is 5. The molecule has 1 rings (SSSR count). The van der Waals surface area contributed by atoms with Crippen LogP contribution in [-0.4, -0.2) is 54.3 Å². The summed E-state index contributed by atoms with van der Waals surface area (Å²) >= 11 is 0. The molecule has 0 radical (unpaired) electrons. The molecule has 0 spiro atoms. The number of amides is 2. The number of nitrogens with one attached hydrogen (secondary N) is 1. The highest BCUT2D eigenvalue weighted by molar-refractivity contribution is 7.84. The summed E-state index contributed by atoms with van der Waals surface area (Å²) in [5.74, 6) is 0.474. The van der Waals surface area contributed by atoms with Gasteiger partial charge in [0.2, 0.25) is 0 Å². The summed E-state index contributed by atoms with van der Waals surface area (Å²) in [5, 5.41) is 2.97. The van der Waals surface area contributed by atoms with Crippen molar-refractivity contribution in [2.45, 2.75) is 26.8 Å². The number of carbonyl (C=O) groups excluding carboxylic acids is 1. The van der Waals surface area contributed by atoms with Crippen LogP contribution >= 0.6 is 0 Å². The number of hydrogen-bond acceptors (Lipinski definition) is 3. The van der Waals surface area contributed by atoms with Gasteiger partial charge in [-0.2, -0.15) is 0 Å². The molecule has 0 saturated carbocycles. The Morgan fingerprint density at radius 3 is 2.14 bits per heavy atom. The Hall–Kier alpha value is -1.56. The van der Waals surface area contributed by atoms with Gasteiger partial charge in [0, 0.05) is 61.4 Å². The zero-order valence-corrected chi connectivity index (χ0v) is 15.4. The van der Waals surface area contributed by atoms with E-state index in [1.165, 1.54) is 0 Å². The van der Waals surface area contributed by atoms with Crippen LogP contribution in [0.5, 0.6) is 0 Å². The standard InChI is InChI=1S/C16H27N3O2S/c1-11-8-14(18(4)5)9-12(2)15(11)17-16(20)19(6)13(3)10-22(7)21/h8-9,13H,10H2,1-7H3,(H,17,20)/t13-,22-/m0/s1. The number of nitrogens with zero attached hydrogens (tertiary/aromatic N) is 2. The average molecular weight is 325 g/mol. The Bertz CT molecular complexity index is 550. The van der Waals surface area contributed by atoms with E-state index in [9.17, 15) is 9.00 Å². The second-order valence-corrected chi connectivity index (χ2v) is 7.46. The minimum atomic E-state index is -0.924. The van der Waals surface area contributed by atoms with E-state index in [4.69, 9.17) is 0 Å². The van der Waals surface area contributed by atoms with E-state index in [0.29, 0.717) is 5.75 Å². The monoisotopic (exact) mass is 325 g/mol. The third-order valence-electron chi connectivity index (χ3n) is 3.72. The zero-order valence-electron chi connectivity index (χ0n) is 14.6. The quantitative estimate of drug-likeness (QED) is 0.905. The molecule has 2 amide bonds. The lowest BCUT2D eigenvalue weighted by Gasteiger charge is -2.26. The van der Waals surface area contributed by atoms with Gasteiger partial charge in [0.05, 0.1) is 0 Å². The lowest BCUT2D eigenvalue weighted by atomic mass is 10.1. The minimum absolute atomic E-state index is 0.0764. The minimum Gasteiger partial charge on any atom is -0.378 e. The molecule has 1 N–H and O–H groups in total. The highest BCUT2D eigenvalue weighted by Crippen LogP contribution is 2.26. The fourth-order valence-corrected chi connectivity index (χ4v) is 3.15. The molecular formula is C16H27N3O2S. The molecule has 0 unspecified atom stereocenters. The van der Waals surface area contributed by atoms with Gasteiger partial charge < -0.3 is 15.1 Å². The fourth-order valence-electron chi connectivity index (χ4n) is 2.24. The highest BCUT2D eigenvalue weighted by atomic mass is 32.2. The van der Waals surface area contributed by atoms with Crippen LogP contribution in [-0.2, 0) is 10.8 Å². The van der Waals surface area contributed by atoms with Gasteiger partial charge in [0.15, 0.2) is 0 Å². The first-order chi connectivity index (χ1) is 10.1. The average Bonchev–Trinajstić information content (AvgIpc) is 2.40. The molecule has 6 heteroatoms. The summed E-state index contributed by atoms with van der Waals surface area (Å²) in [6.07, 6.45) is 1.65. The maximum atomic E-state index is 12.4. The van der Waals surface area contributed by atoms with Gasteiger partial charge in [-0.25, -0.2) is 4.79 Å². The van der Waals surface area contributed by atoms with Gasteiger partial charge in [-0.1, -0.05) is 0 Å². The van der Waals surface area contributed by atoms with E-state index < -0.39 is 10.8 Å². The van der Waals surface area contributed by atoms with E-state index in [2.05, 4.69) is 5.32 Å². The third-order valence-corrected chi connectivity index (χ3v) is 4.68. The van der Waals surface area contributed by atoms with Crippen LogP contribution in [0.4, 0.5) is 16.2 Å². The van der Waals surface area contributed by atoms with Gasteiger partial charge in [-0.05, 0) is 44.0 Å². The van der Waals surface area contributed by atoms with Crippen molar-refractivity contribution < 1.29 is 9.00 Å². The maximum absolute atomic E-state index is 12.4. The number of urea groups is 1. The number of anilines is 2. The molecular weight excluding hydrogens is 298 g/mol. The van der Waals surface area contributed by atoms with E-state index in [1.807, 2.05) is 51.9 Å². The van der Waals surface area contributed by atoms with Crippen molar-refractivity contribution in [1.29, 1.82) is 0 Å². The summed E-state index contributed by atoms with van der Waals surface area (Å²) in [6, 6.07) is 3.84. The van der Waals surface area contributed by atoms with Crippen LogP contribution in [0.25, 0.3) is 0 Å². The van der Waals surface area contributed by atoms with Crippen LogP contribution in [0.1, 0.15) is 18.1 Å². The zero-order chi connectivity index (χ0) is 17.0. The first-order valence-electron chi connectivity index (χ1n) is 7.26. The first kappa shape index (κ1) is 18.5. The van der Waals surface area contributed by atoms with E-state index in [0.717, 1.165) is 22.5 Å². The molecule has 0 aliphatic carbocycles. The van der Waals surface area contributed by atoms with E-state index >= 15 is 0 Å². The lowest BCUT2D eigenvalue weighted by Crippen LogP contribution is -2.41. The van der Waals surface area contributed by atoms with E-state index in [-0.39, 0.29) is 12.1 Å². The van der Waals surface area contributed by atoms with Crippen molar-refractivity contribution in [2.75, 3.05) is 43.4 Å². The van der Waals surface area contributed by atoms with Crippen LogP contribution in [0.15, 0.2) is 12.1 Å². The Morgan fingerprint density at radius 1 is 1.23 bits per heavy atom. The second-order valence-electron chi connectivity index (χ2n) is 5.98. The van der Waals surface area contributed by atoms with Crippen molar-refractivity contribution in [3.8, 4) is 0 Å². The molecule has 22 heavy (non-hydrogen) atoms. The predicted molar refractivity (Wildman–Crippen MR) is 95.4 cm³/mol. The van der Waals surface area contributed by atoms with Crippen molar-refractivity contribution in [3.05, 3.63) is 23.3 Å². The smallest absolute Gasteiger partial charge is 0.321 e. The van der Waals surface area contributed by atoms with E-state index in [1.54, 1.807) is 18.2 Å². The van der Waals surface area contributed by atoms with Crippen LogP contribution in [0.3, 0.4) is 0 Å². The normalized spacial score (nSPS) is 13.4. The van der Waals surface area contributed by atoms with Gasteiger partial charge >= 0.3 is 6.03 Å². The number of carbonyl (C=O) groups is 1. The van der Waals surface area contributed by atoms with Gasteiger partial charge in [0.25, 0.3) is 0 Å². The SMILES string of the molecule is Cc1cc(N(C)C)cc(C)c1NC(=O)N(C)[C@@H](C)C[S@](C)=O. The third kappa shape index (κ3) is 4.73. The Morgan fingerprint density at radius 2 is 1.73 bits per heavy atom. The number of hydrogen-bond donors (Lipinski definition) is 1. The largest absolute Gasteiger partial charge is 0.378 e. The molecule has 0 bridgehead atoms. The summed E-state index contributed by atoms with van der Waals surface area (Å²) < 4.78 is 11.3. The number of benzene rings is 1. The molecule has 0 aromatic heterocycles. The topological polar surface area (TPSA) is 52.7 Å².